The van der Waals surface area contributed by atoms with Crippen LogP contribution in [0.4, 0.5) is 0 Å². The van der Waals surface area contributed by atoms with Crippen LogP contribution in [0, 0.1) is 5.92 Å². The van der Waals surface area contributed by atoms with Gasteiger partial charge in [0.1, 0.15) is 6.10 Å². The molecule has 2 unspecified atom stereocenters. The predicted octanol–water partition coefficient (Wildman–Crippen LogP) is 1.36. The molecule has 1 aliphatic rings. The number of rotatable bonds is 4. The average Bonchev–Trinajstić information content (AvgIpc) is 2.87. The van der Waals surface area contributed by atoms with Gasteiger partial charge in [0.05, 0.1) is 12.3 Å². The summed E-state index contributed by atoms with van der Waals surface area (Å²) in [5.41, 5.74) is 0.923. The van der Waals surface area contributed by atoms with Crippen molar-refractivity contribution in [1.29, 1.82) is 0 Å². The Labute approximate surface area is 89.9 Å². The van der Waals surface area contributed by atoms with Crippen molar-refractivity contribution in [2.75, 3.05) is 13.2 Å². The summed E-state index contributed by atoms with van der Waals surface area (Å²) >= 11 is 0. The number of aliphatic hydroxyl groups is 1. The van der Waals surface area contributed by atoms with Crippen LogP contribution in [0.1, 0.15) is 31.6 Å². The Morgan fingerprint density at radius 1 is 1.73 bits per heavy atom. The molecule has 15 heavy (non-hydrogen) atoms. The topological polar surface area (TPSA) is 47.3 Å². The highest BCUT2D eigenvalue weighted by Gasteiger charge is 2.27. The number of aromatic nitrogens is 2. The van der Waals surface area contributed by atoms with Crippen molar-refractivity contribution >= 4 is 0 Å². The van der Waals surface area contributed by atoms with Crippen molar-refractivity contribution in [2.24, 2.45) is 5.92 Å². The number of aliphatic hydroxyl groups excluding tert-OH is 1. The van der Waals surface area contributed by atoms with Gasteiger partial charge in [-0.15, -0.1) is 0 Å². The molecule has 2 heterocycles. The van der Waals surface area contributed by atoms with Crippen LogP contribution in [0.25, 0.3) is 0 Å². The molecule has 0 aliphatic carbocycles. The third-order valence-electron chi connectivity index (χ3n) is 2.90. The Kier molecular flexibility index (Phi) is 3.38. The fraction of sp³-hybridized carbons (Fsp3) is 0.727. The van der Waals surface area contributed by atoms with E-state index in [2.05, 4.69) is 12.0 Å². The molecule has 84 valence electrons. The fourth-order valence-electron chi connectivity index (χ4n) is 2.04. The molecule has 2 rings (SSSR count). The molecular formula is C11H18N2O2. The molecule has 1 aromatic rings. The lowest BCUT2D eigenvalue weighted by atomic mass is 9.99. The molecule has 0 saturated carbocycles. The second-order valence-corrected chi connectivity index (χ2v) is 4.05. The molecule has 1 aromatic heterocycles. The van der Waals surface area contributed by atoms with Gasteiger partial charge >= 0.3 is 0 Å². The minimum Gasteiger partial charge on any atom is -0.386 e. The van der Waals surface area contributed by atoms with Gasteiger partial charge < -0.3 is 9.84 Å². The van der Waals surface area contributed by atoms with Gasteiger partial charge in [-0.05, 0) is 18.9 Å². The normalized spacial score (nSPS) is 23.2. The van der Waals surface area contributed by atoms with Crippen LogP contribution in [0.2, 0.25) is 0 Å². The van der Waals surface area contributed by atoms with E-state index in [-0.39, 0.29) is 5.92 Å². The number of hydrogen-bond acceptors (Lipinski definition) is 3. The second-order valence-electron chi connectivity index (χ2n) is 4.05. The highest BCUT2D eigenvalue weighted by molar-refractivity contribution is 5.06. The van der Waals surface area contributed by atoms with Gasteiger partial charge in [-0.25, -0.2) is 0 Å². The van der Waals surface area contributed by atoms with E-state index in [4.69, 9.17) is 4.74 Å². The van der Waals surface area contributed by atoms with E-state index in [1.165, 1.54) is 0 Å². The van der Waals surface area contributed by atoms with Crippen molar-refractivity contribution < 1.29 is 9.84 Å². The van der Waals surface area contributed by atoms with E-state index in [0.29, 0.717) is 6.61 Å². The number of aryl methyl sites for hydroxylation is 1. The van der Waals surface area contributed by atoms with E-state index in [9.17, 15) is 5.11 Å². The summed E-state index contributed by atoms with van der Waals surface area (Å²) in [4.78, 5) is 0. The van der Waals surface area contributed by atoms with Crippen LogP contribution < -0.4 is 0 Å². The Morgan fingerprint density at radius 3 is 3.27 bits per heavy atom. The van der Waals surface area contributed by atoms with Crippen LogP contribution in [0.3, 0.4) is 0 Å². The highest BCUT2D eigenvalue weighted by atomic mass is 16.5. The summed E-state index contributed by atoms with van der Waals surface area (Å²) in [5, 5.41) is 14.4. The predicted molar refractivity (Wildman–Crippen MR) is 56.4 cm³/mol. The maximum absolute atomic E-state index is 10.2. The van der Waals surface area contributed by atoms with Crippen LogP contribution in [0.15, 0.2) is 12.3 Å². The lowest BCUT2D eigenvalue weighted by Gasteiger charge is -2.17. The zero-order valence-electron chi connectivity index (χ0n) is 9.09. The number of nitrogens with zero attached hydrogens (tertiary/aromatic N) is 2. The zero-order valence-corrected chi connectivity index (χ0v) is 9.09. The molecule has 1 fully saturated rings. The van der Waals surface area contributed by atoms with E-state index >= 15 is 0 Å². The van der Waals surface area contributed by atoms with Crippen molar-refractivity contribution in [1.82, 2.24) is 9.78 Å². The number of ether oxygens (including phenoxy) is 1. The maximum atomic E-state index is 10.2. The molecule has 0 spiro atoms. The van der Waals surface area contributed by atoms with Crippen molar-refractivity contribution in [2.45, 2.75) is 32.4 Å². The fourth-order valence-corrected chi connectivity index (χ4v) is 2.04. The van der Waals surface area contributed by atoms with Crippen LogP contribution in [-0.4, -0.2) is 28.1 Å². The molecule has 4 heteroatoms. The molecule has 2 atom stereocenters. The Balaban J connectivity index is 2.09. The Morgan fingerprint density at radius 2 is 2.60 bits per heavy atom. The lowest BCUT2D eigenvalue weighted by molar-refractivity contribution is 0.0844. The molecule has 0 aromatic carbocycles. The zero-order chi connectivity index (χ0) is 10.7. The second kappa shape index (κ2) is 4.77. The van der Waals surface area contributed by atoms with Gasteiger partial charge in [-0.2, -0.15) is 5.10 Å². The van der Waals surface area contributed by atoms with Crippen molar-refractivity contribution in [3.8, 4) is 0 Å². The van der Waals surface area contributed by atoms with Gasteiger partial charge in [-0.3, -0.25) is 4.68 Å². The third-order valence-corrected chi connectivity index (χ3v) is 2.90. The van der Waals surface area contributed by atoms with E-state index in [1.54, 1.807) is 6.20 Å². The first-order valence-electron chi connectivity index (χ1n) is 5.60. The van der Waals surface area contributed by atoms with Crippen molar-refractivity contribution in [3.63, 3.8) is 0 Å². The highest BCUT2D eigenvalue weighted by Crippen LogP contribution is 2.28. The third kappa shape index (κ3) is 2.21. The first-order chi connectivity index (χ1) is 7.33. The smallest absolute Gasteiger partial charge is 0.101 e. The summed E-state index contributed by atoms with van der Waals surface area (Å²) in [6, 6.07) is 1.90. The molecule has 0 bridgehead atoms. The van der Waals surface area contributed by atoms with E-state index < -0.39 is 6.10 Å². The minimum atomic E-state index is -0.429. The SMILES string of the molecule is CCCn1nccc1C(O)C1CCOC1. The molecule has 1 aliphatic heterocycles. The summed E-state index contributed by atoms with van der Waals surface area (Å²) in [6.45, 7) is 4.41. The summed E-state index contributed by atoms with van der Waals surface area (Å²) in [7, 11) is 0. The molecule has 0 radical (unpaired) electrons. The van der Waals surface area contributed by atoms with Gasteiger partial charge in [-0.1, -0.05) is 6.92 Å². The standard InChI is InChI=1S/C11H18N2O2/c1-2-6-13-10(3-5-12-13)11(14)9-4-7-15-8-9/h3,5,9,11,14H,2,4,6-8H2,1H3. The quantitative estimate of drug-likeness (QED) is 0.816. The first kappa shape index (κ1) is 10.6. The monoisotopic (exact) mass is 210 g/mol. The van der Waals surface area contributed by atoms with Gasteiger partial charge in [0.15, 0.2) is 0 Å². The first-order valence-corrected chi connectivity index (χ1v) is 5.60. The van der Waals surface area contributed by atoms with Crippen LogP contribution >= 0.6 is 0 Å². The lowest BCUT2D eigenvalue weighted by Crippen LogP contribution is -2.17. The number of hydrogen-bond donors (Lipinski definition) is 1. The molecule has 1 N–H and O–H groups in total. The van der Waals surface area contributed by atoms with E-state index in [0.717, 1.165) is 31.7 Å². The molecule has 0 amide bonds. The largest absolute Gasteiger partial charge is 0.386 e. The average molecular weight is 210 g/mol. The summed E-state index contributed by atoms with van der Waals surface area (Å²) in [5.74, 6) is 0.234. The molecular weight excluding hydrogens is 192 g/mol. The summed E-state index contributed by atoms with van der Waals surface area (Å²) in [6.07, 6.45) is 3.30. The maximum Gasteiger partial charge on any atom is 0.101 e. The Bertz CT molecular complexity index is 305. The van der Waals surface area contributed by atoms with E-state index in [1.807, 2.05) is 10.7 Å². The summed E-state index contributed by atoms with van der Waals surface area (Å²) < 4.78 is 7.18. The van der Waals surface area contributed by atoms with Crippen molar-refractivity contribution in [3.05, 3.63) is 18.0 Å². The van der Waals surface area contributed by atoms with Gasteiger partial charge in [0, 0.05) is 25.3 Å². The Hall–Kier alpha value is -0.870. The van der Waals surface area contributed by atoms with Crippen LogP contribution in [-0.2, 0) is 11.3 Å². The molecule has 1 saturated heterocycles. The van der Waals surface area contributed by atoms with Gasteiger partial charge in [0.25, 0.3) is 0 Å². The van der Waals surface area contributed by atoms with Crippen LogP contribution in [0.5, 0.6) is 0 Å². The minimum absolute atomic E-state index is 0.234. The molecule has 4 nitrogen and oxygen atoms in total. The van der Waals surface area contributed by atoms with Gasteiger partial charge in [0.2, 0.25) is 0 Å².